The predicted molar refractivity (Wildman–Crippen MR) is 151 cm³/mol. The summed E-state index contributed by atoms with van der Waals surface area (Å²) >= 11 is 0. The summed E-state index contributed by atoms with van der Waals surface area (Å²) < 4.78 is 6.26. The van der Waals surface area contributed by atoms with Gasteiger partial charge in [-0.3, -0.25) is 9.59 Å². The third kappa shape index (κ3) is 5.85. The van der Waals surface area contributed by atoms with Gasteiger partial charge in [0.25, 0.3) is 0 Å². The number of carboxylic acid groups (broad SMARTS) is 1. The number of ether oxygens (including phenoxy) is 1. The molecule has 1 N–H and O–H groups in total. The minimum absolute atomic E-state index is 0.0531. The number of carbonyl (C=O) groups is 2. The molecular weight excluding hydrogens is 472 g/mol. The van der Waals surface area contributed by atoms with E-state index in [0.29, 0.717) is 18.4 Å². The molecule has 0 heterocycles. The summed E-state index contributed by atoms with van der Waals surface area (Å²) in [5.41, 5.74) is 6.73. The quantitative estimate of drug-likeness (QED) is 0.278. The van der Waals surface area contributed by atoms with Crippen molar-refractivity contribution >= 4 is 11.8 Å². The van der Waals surface area contributed by atoms with Gasteiger partial charge in [-0.1, -0.05) is 68.8 Å². The Kier molecular flexibility index (Phi) is 7.43. The van der Waals surface area contributed by atoms with E-state index >= 15 is 0 Å². The van der Waals surface area contributed by atoms with Crippen LogP contribution in [0.4, 0.5) is 0 Å². The highest BCUT2D eigenvalue weighted by molar-refractivity contribution is 5.95. The van der Waals surface area contributed by atoms with Crippen LogP contribution in [0.2, 0.25) is 0 Å². The first kappa shape index (κ1) is 26.2. The second kappa shape index (κ2) is 10.8. The highest BCUT2D eigenvalue weighted by Crippen LogP contribution is 2.51. The molecule has 2 atom stereocenters. The molecule has 4 heteroatoms. The molecule has 3 aromatic carbocycles. The van der Waals surface area contributed by atoms with Gasteiger partial charge in [0.2, 0.25) is 0 Å². The van der Waals surface area contributed by atoms with Crippen molar-refractivity contribution in [3.05, 3.63) is 89.0 Å². The Hall–Kier alpha value is -3.40. The lowest BCUT2D eigenvalue weighted by Gasteiger charge is -2.30. The van der Waals surface area contributed by atoms with Crippen LogP contribution in [0.5, 0.6) is 5.75 Å². The normalized spacial score (nSPS) is 19.2. The van der Waals surface area contributed by atoms with Crippen molar-refractivity contribution in [2.75, 3.05) is 0 Å². The average molecular weight is 511 g/mol. The summed E-state index contributed by atoms with van der Waals surface area (Å²) in [5, 5.41) is 9.39. The number of hydrogen-bond donors (Lipinski definition) is 1. The van der Waals surface area contributed by atoms with Gasteiger partial charge in [-0.15, -0.1) is 0 Å². The van der Waals surface area contributed by atoms with E-state index in [1.165, 1.54) is 24.0 Å². The van der Waals surface area contributed by atoms with Crippen LogP contribution in [0.1, 0.15) is 98.2 Å². The zero-order valence-electron chi connectivity index (χ0n) is 22.7. The van der Waals surface area contributed by atoms with Crippen LogP contribution >= 0.6 is 0 Å². The van der Waals surface area contributed by atoms with E-state index in [1.54, 1.807) is 6.92 Å². The predicted octanol–water partition coefficient (Wildman–Crippen LogP) is 8.40. The Morgan fingerprint density at radius 3 is 2.47 bits per heavy atom. The molecule has 4 nitrogen and oxygen atoms in total. The second-order valence-electron chi connectivity index (χ2n) is 11.9. The van der Waals surface area contributed by atoms with Gasteiger partial charge in [0.05, 0.1) is 6.42 Å². The van der Waals surface area contributed by atoms with E-state index in [2.05, 4.69) is 38.1 Å². The summed E-state index contributed by atoms with van der Waals surface area (Å²) in [7, 11) is 0. The fourth-order valence-electron chi connectivity index (χ4n) is 6.31. The van der Waals surface area contributed by atoms with Crippen LogP contribution in [-0.2, 0) is 11.4 Å². The van der Waals surface area contributed by atoms with Crippen LogP contribution in [0.25, 0.3) is 11.1 Å². The molecule has 0 amide bonds. The first-order valence-corrected chi connectivity index (χ1v) is 13.9. The van der Waals surface area contributed by atoms with Crippen molar-refractivity contribution in [3.8, 4) is 16.9 Å². The molecule has 0 aliphatic heterocycles. The molecular formula is C34H38O4. The lowest BCUT2D eigenvalue weighted by molar-refractivity contribution is -0.137. The second-order valence-corrected chi connectivity index (χ2v) is 11.9. The monoisotopic (exact) mass is 510 g/mol. The molecule has 0 radical (unpaired) electrons. The van der Waals surface area contributed by atoms with Crippen molar-refractivity contribution in [2.24, 2.45) is 11.3 Å². The molecule has 0 spiro atoms. The van der Waals surface area contributed by atoms with E-state index in [-0.39, 0.29) is 23.5 Å². The summed E-state index contributed by atoms with van der Waals surface area (Å²) in [5.74, 6) is 1.07. The lowest BCUT2D eigenvalue weighted by Crippen LogP contribution is -2.16. The fourth-order valence-corrected chi connectivity index (χ4v) is 6.31. The fraction of sp³-hybridized carbons (Fsp3) is 0.412. The number of carbonyl (C=O) groups excluding carboxylic acids is 1. The van der Waals surface area contributed by atoms with Gasteiger partial charge in [-0.2, -0.15) is 0 Å². The number of ketones is 1. The lowest BCUT2D eigenvalue weighted by atomic mass is 9.75. The Bertz CT molecular complexity index is 1330. The molecule has 2 aliphatic carbocycles. The highest BCUT2D eigenvalue weighted by Gasteiger charge is 2.37. The summed E-state index contributed by atoms with van der Waals surface area (Å²) in [6.07, 6.45) is 5.95. The molecule has 2 fully saturated rings. The number of rotatable bonds is 10. The Balaban J connectivity index is 1.42. The van der Waals surface area contributed by atoms with Gasteiger partial charge < -0.3 is 9.84 Å². The maximum atomic E-state index is 12.1. The largest absolute Gasteiger partial charge is 0.489 e. The molecule has 0 saturated heterocycles. The van der Waals surface area contributed by atoms with Crippen molar-refractivity contribution in [2.45, 2.75) is 77.7 Å². The van der Waals surface area contributed by atoms with Crippen LogP contribution in [-0.4, -0.2) is 16.9 Å². The number of aliphatic carboxylic acids is 1. The number of carboxylic acids is 1. The summed E-state index contributed by atoms with van der Waals surface area (Å²) in [6.45, 7) is 6.79. The smallest absolute Gasteiger partial charge is 0.303 e. The van der Waals surface area contributed by atoms with E-state index in [4.69, 9.17) is 4.74 Å². The van der Waals surface area contributed by atoms with Crippen molar-refractivity contribution in [3.63, 3.8) is 0 Å². The Labute approximate surface area is 226 Å². The van der Waals surface area contributed by atoms with Gasteiger partial charge in [0, 0.05) is 5.56 Å². The van der Waals surface area contributed by atoms with Gasteiger partial charge in [0.15, 0.2) is 5.78 Å². The Morgan fingerprint density at radius 2 is 1.79 bits per heavy atom. The van der Waals surface area contributed by atoms with E-state index in [1.807, 2.05) is 42.5 Å². The molecule has 198 valence electrons. The molecule has 2 aliphatic rings. The first-order chi connectivity index (χ1) is 18.2. The van der Waals surface area contributed by atoms with Gasteiger partial charge in [-0.25, -0.2) is 0 Å². The van der Waals surface area contributed by atoms with Crippen molar-refractivity contribution in [1.82, 2.24) is 0 Å². The zero-order valence-corrected chi connectivity index (χ0v) is 22.7. The topological polar surface area (TPSA) is 63.6 Å². The van der Waals surface area contributed by atoms with Gasteiger partial charge >= 0.3 is 5.97 Å². The van der Waals surface area contributed by atoms with E-state index < -0.39 is 5.97 Å². The number of hydrogen-bond acceptors (Lipinski definition) is 3. The van der Waals surface area contributed by atoms with Crippen molar-refractivity contribution in [1.29, 1.82) is 0 Å². The third-order valence-electron chi connectivity index (χ3n) is 8.61. The molecule has 5 rings (SSSR count). The molecule has 3 aromatic rings. The molecule has 1 unspecified atom stereocenters. The maximum Gasteiger partial charge on any atom is 0.303 e. The Morgan fingerprint density at radius 1 is 1.00 bits per heavy atom. The zero-order chi connectivity index (χ0) is 26.9. The number of Topliss-reactive ketones (excluding diaryl/α,β-unsaturated/α-hetero) is 1. The van der Waals surface area contributed by atoms with Crippen LogP contribution in [0.15, 0.2) is 66.7 Å². The van der Waals surface area contributed by atoms with Crippen LogP contribution < -0.4 is 4.74 Å². The van der Waals surface area contributed by atoms with E-state index in [0.717, 1.165) is 47.3 Å². The minimum atomic E-state index is -0.746. The maximum absolute atomic E-state index is 12.1. The van der Waals surface area contributed by atoms with Gasteiger partial charge in [0.1, 0.15) is 12.4 Å². The first-order valence-electron chi connectivity index (χ1n) is 13.9. The standard InChI is InChI=1S/C34H38O4/c1-22(35)25-7-4-8-26(18-25)29-15-12-23(17-31(29)32-11-6-16-34(32,2)3)21-38-28-10-5-9-27(19-28)30(20-33(36)37)24-13-14-24/h4-5,7-10,12,15,17-19,24,30,32H,6,11,13-14,16,20-21H2,1-3H3,(H,36,37)/t30?,32-/m1/s1. The SMILES string of the molecule is CC(=O)c1cccc(-c2ccc(COc3cccc(C(CC(=O)O)C4CC4)c3)cc2[C@H]2CCCC2(C)C)c1. The van der Waals surface area contributed by atoms with Crippen molar-refractivity contribution < 1.29 is 19.4 Å². The summed E-state index contributed by atoms with van der Waals surface area (Å²) in [4.78, 5) is 23.5. The molecule has 2 saturated carbocycles. The van der Waals surface area contributed by atoms with Crippen LogP contribution in [0, 0.1) is 11.3 Å². The van der Waals surface area contributed by atoms with Crippen LogP contribution in [0.3, 0.4) is 0 Å². The third-order valence-corrected chi connectivity index (χ3v) is 8.61. The van der Waals surface area contributed by atoms with E-state index in [9.17, 15) is 14.7 Å². The summed E-state index contributed by atoms with van der Waals surface area (Å²) in [6, 6.07) is 22.6. The number of benzene rings is 3. The molecule has 0 bridgehead atoms. The average Bonchev–Trinajstić information content (AvgIpc) is 3.68. The molecule has 0 aromatic heterocycles. The van der Waals surface area contributed by atoms with Gasteiger partial charge in [-0.05, 0) is 102 Å². The minimum Gasteiger partial charge on any atom is -0.489 e. The molecule has 38 heavy (non-hydrogen) atoms. The highest BCUT2D eigenvalue weighted by atomic mass is 16.5.